The molecule has 0 radical (unpaired) electrons. The van der Waals surface area contributed by atoms with E-state index in [1.165, 1.54) is 0 Å². The molecular weight excluding hydrogens is 404 g/mol. The Bertz CT molecular complexity index is 903. The van der Waals surface area contributed by atoms with Gasteiger partial charge >= 0.3 is 0 Å². The van der Waals surface area contributed by atoms with E-state index in [1.807, 2.05) is 91.0 Å². The molecule has 5 heteroatoms. The second-order valence-electron chi connectivity index (χ2n) is 7.96. The van der Waals surface area contributed by atoms with Crippen molar-refractivity contribution in [1.29, 1.82) is 0 Å². The molecule has 3 aromatic carbocycles. The molecule has 5 nitrogen and oxygen atoms in total. The number of aliphatic hydroxyl groups is 1. The fourth-order valence-electron chi connectivity index (χ4n) is 3.81. The van der Waals surface area contributed by atoms with E-state index >= 15 is 0 Å². The molecule has 1 N–H and O–H groups in total. The van der Waals surface area contributed by atoms with Gasteiger partial charge in [0.2, 0.25) is 0 Å². The second kappa shape index (κ2) is 11.9. The van der Waals surface area contributed by atoms with Gasteiger partial charge in [0, 0.05) is 6.42 Å². The highest BCUT2D eigenvalue weighted by atomic mass is 16.7. The van der Waals surface area contributed by atoms with Crippen LogP contribution in [-0.4, -0.2) is 36.3 Å². The molecule has 1 heterocycles. The summed E-state index contributed by atoms with van der Waals surface area (Å²) in [6.45, 7) is 1.71. The van der Waals surface area contributed by atoms with E-state index in [-0.39, 0.29) is 12.2 Å². The van der Waals surface area contributed by atoms with Crippen LogP contribution in [0.25, 0.3) is 0 Å². The molecular formula is C27H30O5. The van der Waals surface area contributed by atoms with Crippen LogP contribution in [0.3, 0.4) is 0 Å². The average Bonchev–Trinajstić information content (AvgIpc) is 3.22. The third kappa shape index (κ3) is 6.73. The van der Waals surface area contributed by atoms with Crippen molar-refractivity contribution in [3.63, 3.8) is 0 Å². The fourth-order valence-corrected chi connectivity index (χ4v) is 3.81. The van der Waals surface area contributed by atoms with Crippen molar-refractivity contribution in [3.8, 4) is 0 Å². The van der Waals surface area contributed by atoms with Gasteiger partial charge in [-0.1, -0.05) is 91.0 Å². The van der Waals surface area contributed by atoms with Crippen molar-refractivity contribution >= 4 is 0 Å². The number of benzene rings is 3. The van der Waals surface area contributed by atoms with Crippen LogP contribution in [0.5, 0.6) is 0 Å². The number of ether oxygens (including phenoxy) is 4. The smallest absolute Gasteiger partial charge is 0.157 e. The molecule has 0 aliphatic carbocycles. The third-order valence-corrected chi connectivity index (χ3v) is 5.49. The molecule has 4 atom stereocenters. The molecule has 0 saturated carbocycles. The fraction of sp³-hybridized carbons (Fsp3) is 0.333. The summed E-state index contributed by atoms with van der Waals surface area (Å²) in [6, 6.07) is 30.0. The second-order valence-corrected chi connectivity index (χ2v) is 7.96. The Hall–Kier alpha value is -2.54. The summed E-state index contributed by atoms with van der Waals surface area (Å²) in [4.78, 5) is 0. The Morgan fingerprint density at radius 2 is 1.28 bits per heavy atom. The Kier molecular flexibility index (Phi) is 8.42. The highest BCUT2D eigenvalue weighted by molar-refractivity contribution is 5.15. The van der Waals surface area contributed by atoms with Gasteiger partial charge in [-0.3, -0.25) is 0 Å². The third-order valence-electron chi connectivity index (χ3n) is 5.49. The first-order chi connectivity index (χ1) is 15.8. The first kappa shape index (κ1) is 22.6. The molecule has 3 aromatic rings. The minimum absolute atomic E-state index is 0.286. The summed E-state index contributed by atoms with van der Waals surface area (Å²) in [5, 5.41) is 10.2. The lowest BCUT2D eigenvalue weighted by atomic mass is 10.1. The summed E-state index contributed by atoms with van der Waals surface area (Å²) in [5.41, 5.74) is 3.24. The summed E-state index contributed by atoms with van der Waals surface area (Å²) in [5.74, 6) is 0. The van der Waals surface area contributed by atoms with Crippen LogP contribution in [0, 0.1) is 0 Å². The van der Waals surface area contributed by atoms with E-state index in [1.54, 1.807) is 0 Å². The molecule has 0 amide bonds. The lowest BCUT2D eigenvalue weighted by Crippen LogP contribution is -2.41. The molecule has 4 rings (SSSR count). The Morgan fingerprint density at radius 1 is 0.750 bits per heavy atom. The molecule has 1 aliphatic heterocycles. The Morgan fingerprint density at radius 3 is 1.88 bits per heavy atom. The highest BCUT2D eigenvalue weighted by Gasteiger charge is 2.41. The topological polar surface area (TPSA) is 57.2 Å². The lowest BCUT2D eigenvalue weighted by molar-refractivity contribution is -0.166. The van der Waals surface area contributed by atoms with E-state index < -0.39 is 12.4 Å². The zero-order chi connectivity index (χ0) is 22.0. The summed E-state index contributed by atoms with van der Waals surface area (Å²) >= 11 is 0. The van der Waals surface area contributed by atoms with E-state index in [4.69, 9.17) is 18.9 Å². The number of hydrogen-bond donors (Lipinski definition) is 1. The quantitative estimate of drug-likeness (QED) is 0.482. The first-order valence-electron chi connectivity index (χ1n) is 11.0. The Labute approximate surface area is 189 Å². The molecule has 1 saturated heterocycles. The molecule has 168 valence electrons. The van der Waals surface area contributed by atoms with Gasteiger partial charge in [-0.25, -0.2) is 0 Å². The number of aliphatic hydroxyl groups excluding tert-OH is 1. The standard InChI is InChI=1S/C27H30O5/c28-26-16-24(30-18-22-12-6-2-7-13-22)27(32-26)25(31-19-23-14-8-3-9-15-23)20-29-17-21-10-4-1-5-11-21/h1-15,24-28H,16-20H2/t24-,25-,26-,27-/m0/s1. The molecule has 1 aliphatic rings. The minimum Gasteiger partial charge on any atom is -0.374 e. The van der Waals surface area contributed by atoms with Crippen LogP contribution in [0.15, 0.2) is 91.0 Å². The van der Waals surface area contributed by atoms with Gasteiger partial charge in [-0.2, -0.15) is 0 Å². The van der Waals surface area contributed by atoms with Crippen LogP contribution in [0.4, 0.5) is 0 Å². The van der Waals surface area contributed by atoms with Gasteiger partial charge < -0.3 is 24.1 Å². The van der Waals surface area contributed by atoms with Gasteiger partial charge in [0.15, 0.2) is 6.29 Å². The van der Waals surface area contributed by atoms with E-state index in [0.717, 1.165) is 16.7 Å². The largest absolute Gasteiger partial charge is 0.374 e. The zero-order valence-corrected chi connectivity index (χ0v) is 18.1. The Balaban J connectivity index is 1.40. The van der Waals surface area contributed by atoms with E-state index in [0.29, 0.717) is 32.8 Å². The zero-order valence-electron chi connectivity index (χ0n) is 18.1. The van der Waals surface area contributed by atoms with Gasteiger partial charge in [0.1, 0.15) is 12.2 Å². The van der Waals surface area contributed by atoms with Gasteiger partial charge in [-0.15, -0.1) is 0 Å². The van der Waals surface area contributed by atoms with Gasteiger partial charge in [0.05, 0.1) is 32.5 Å². The van der Waals surface area contributed by atoms with Crippen molar-refractivity contribution in [2.45, 2.75) is 50.8 Å². The van der Waals surface area contributed by atoms with E-state index in [2.05, 4.69) is 0 Å². The monoisotopic (exact) mass is 434 g/mol. The number of rotatable bonds is 11. The normalized spacial score (nSPS) is 21.5. The molecule has 0 bridgehead atoms. The van der Waals surface area contributed by atoms with Crippen molar-refractivity contribution in [3.05, 3.63) is 108 Å². The van der Waals surface area contributed by atoms with Crippen LogP contribution in [0.2, 0.25) is 0 Å². The minimum atomic E-state index is -0.877. The summed E-state index contributed by atoms with van der Waals surface area (Å²) < 4.78 is 24.2. The predicted octanol–water partition coefficient (Wildman–Crippen LogP) is 4.48. The van der Waals surface area contributed by atoms with Gasteiger partial charge in [-0.05, 0) is 16.7 Å². The van der Waals surface area contributed by atoms with Gasteiger partial charge in [0.25, 0.3) is 0 Å². The molecule has 32 heavy (non-hydrogen) atoms. The van der Waals surface area contributed by atoms with E-state index in [9.17, 15) is 5.11 Å². The van der Waals surface area contributed by atoms with Crippen LogP contribution >= 0.6 is 0 Å². The van der Waals surface area contributed by atoms with Crippen LogP contribution in [0.1, 0.15) is 23.1 Å². The predicted molar refractivity (Wildman–Crippen MR) is 122 cm³/mol. The van der Waals surface area contributed by atoms with Crippen LogP contribution in [-0.2, 0) is 38.8 Å². The molecule has 0 unspecified atom stereocenters. The van der Waals surface area contributed by atoms with Crippen molar-refractivity contribution in [2.24, 2.45) is 0 Å². The molecule has 0 spiro atoms. The lowest BCUT2D eigenvalue weighted by Gasteiger charge is -2.28. The van der Waals surface area contributed by atoms with Crippen molar-refractivity contribution < 1.29 is 24.1 Å². The van der Waals surface area contributed by atoms with Crippen LogP contribution < -0.4 is 0 Å². The number of hydrogen-bond acceptors (Lipinski definition) is 5. The molecule has 0 aromatic heterocycles. The SMILES string of the molecule is O[C@@H]1C[C@H](OCc2ccccc2)[C@@H]([C@H](COCc2ccccc2)OCc2ccccc2)O1. The maximum absolute atomic E-state index is 10.2. The van der Waals surface area contributed by atoms with Crippen molar-refractivity contribution in [2.75, 3.05) is 6.61 Å². The average molecular weight is 435 g/mol. The highest BCUT2D eigenvalue weighted by Crippen LogP contribution is 2.28. The maximum atomic E-state index is 10.2. The first-order valence-corrected chi connectivity index (χ1v) is 11.0. The summed E-state index contributed by atoms with van der Waals surface area (Å²) in [7, 11) is 0. The van der Waals surface area contributed by atoms with Crippen molar-refractivity contribution in [1.82, 2.24) is 0 Å². The molecule has 1 fully saturated rings. The maximum Gasteiger partial charge on any atom is 0.157 e. The summed E-state index contributed by atoms with van der Waals surface area (Å²) in [6.07, 6.45) is -1.56.